The minimum atomic E-state index is -0.582. The maximum absolute atomic E-state index is 11.4. The fourth-order valence-electron chi connectivity index (χ4n) is 2.42. The van der Waals surface area contributed by atoms with Crippen LogP contribution < -0.4 is 10.6 Å². The number of anilines is 1. The zero-order valence-electron chi connectivity index (χ0n) is 10.8. The average Bonchev–Trinajstić information content (AvgIpc) is 2.60. The van der Waals surface area contributed by atoms with E-state index in [1.165, 1.54) is 24.8 Å². The lowest BCUT2D eigenvalue weighted by Crippen LogP contribution is -2.43. The Balaban J connectivity index is 2.15. The standard InChI is InChI=1S/C14H20N2O2/c1-18-14(17)12(15)10-16-9-5-4-7-11-6-2-3-8-13(11)16/h2-3,6,8,12H,4-5,7,9-10,15H2,1H3. The Morgan fingerprint density at radius 3 is 3.00 bits per heavy atom. The number of methoxy groups -OCH3 is 1. The van der Waals surface area contributed by atoms with Crippen LogP contribution in [0.5, 0.6) is 0 Å². The molecule has 0 radical (unpaired) electrons. The molecule has 2 N–H and O–H groups in total. The number of hydrogen-bond donors (Lipinski definition) is 1. The fraction of sp³-hybridized carbons (Fsp3) is 0.500. The summed E-state index contributed by atoms with van der Waals surface area (Å²) in [6.45, 7) is 1.46. The molecule has 1 unspecified atom stereocenters. The normalized spacial score (nSPS) is 16.7. The van der Waals surface area contributed by atoms with Crippen molar-refractivity contribution in [3.05, 3.63) is 29.8 Å². The number of esters is 1. The van der Waals surface area contributed by atoms with E-state index in [-0.39, 0.29) is 5.97 Å². The zero-order chi connectivity index (χ0) is 13.0. The van der Waals surface area contributed by atoms with Gasteiger partial charge in [0.05, 0.1) is 7.11 Å². The molecule has 1 aromatic rings. The first-order valence-corrected chi connectivity index (χ1v) is 6.38. The summed E-state index contributed by atoms with van der Waals surface area (Å²) in [7, 11) is 1.37. The number of nitrogens with zero attached hydrogens (tertiary/aromatic N) is 1. The topological polar surface area (TPSA) is 55.6 Å². The number of ether oxygens (including phenoxy) is 1. The summed E-state index contributed by atoms with van der Waals surface area (Å²) in [5, 5.41) is 0. The number of para-hydroxylation sites is 1. The Kier molecular flexibility index (Phi) is 4.20. The first-order chi connectivity index (χ1) is 8.72. The van der Waals surface area contributed by atoms with E-state index in [9.17, 15) is 4.79 Å². The van der Waals surface area contributed by atoms with Crippen LogP contribution in [0, 0.1) is 0 Å². The van der Waals surface area contributed by atoms with Gasteiger partial charge in [0, 0.05) is 18.8 Å². The lowest BCUT2D eigenvalue weighted by molar-refractivity contribution is -0.141. The van der Waals surface area contributed by atoms with E-state index in [2.05, 4.69) is 27.8 Å². The van der Waals surface area contributed by atoms with Crippen LogP contribution in [0.2, 0.25) is 0 Å². The van der Waals surface area contributed by atoms with E-state index in [0.29, 0.717) is 6.54 Å². The van der Waals surface area contributed by atoms with Gasteiger partial charge in [-0.2, -0.15) is 0 Å². The highest BCUT2D eigenvalue weighted by molar-refractivity contribution is 5.76. The summed E-state index contributed by atoms with van der Waals surface area (Å²) in [5.41, 5.74) is 8.39. The maximum atomic E-state index is 11.4. The van der Waals surface area contributed by atoms with Crippen molar-refractivity contribution in [3.63, 3.8) is 0 Å². The molecular formula is C14H20N2O2. The average molecular weight is 248 g/mol. The van der Waals surface area contributed by atoms with Crippen LogP contribution in [0.25, 0.3) is 0 Å². The van der Waals surface area contributed by atoms with Gasteiger partial charge in [-0.15, -0.1) is 0 Å². The molecule has 1 atom stereocenters. The minimum Gasteiger partial charge on any atom is -0.468 e. The van der Waals surface area contributed by atoms with E-state index in [1.54, 1.807) is 0 Å². The highest BCUT2D eigenvalue weighted by Crippen LogP contribution is 2.25. The third-order valence-corrected chi connectivity index (χ3v) is 3.38. The molecule has 98 valence electrons. The van der Waals surface area contributed by atoms with Gasteiger partial charge in [-0.3, -0.25) is 4.79 Å². The van der Waals surface area contributed by atoms with Crippen LogP contribution in [0.1, 0.15) is 18.4 Å². The quantitative estimate of drug-likeness (QED) is 0.820. The second-order valence-electron chi connectivity index (χ2n) is 4.66. The Labute approximate surface area is 108 Å². The highest BCUT2D eigenvalue weighted by Gasteiger charge is 2.21. The van der Waals surface area contributed by atoms with Crippen molar-refractivity contribution >= 4 is 11.7 Å². The second kappa shape index (κ2) is 5.87. The molecular weight excluding hydrogens is 228 g/mol. The van der Waals surface area contributed by atoms with Crippen LogP contribution in [-0.4, -0.2) is 32.2 Å². The minimum absolute atomic E-state index is 0.350. The molecule has 0 spiro atoms. The van der Waals surface area contributed by atoms with Crippen LogP contribution in [-0.2, 0) is 16.0 Å². The molecule has 1 heterocycles. The van der Waals surface area contributed by atoms with Crippen LogP contribution in [0.4, 0.5) is 5.69 Å². The summed E-state index contributed by atoms with van der Waals surface area (Å²) < 4.78 is 4.68. The number of benzene rings is 1. The number of aryl methyl sites for hydroxylation is 1. The molecule has 0 bridgehead atoms. The van der Waals surface area contributed by atoms with Crippen molar-refractivity contribution in [1.29, 1.82) is 0 Å². The highest BCUT2D eigenvalue weighted by atomic mass is 16.5. The summed E-state index contributed by atoms with van der Waals surface area (Å²) in [4.78, 5) is 13.6. The molecule has 18 heavy (non-hydrogen) atoms. The van der Waals surface area contributed by atoms with Crippen molar-refractivity contribution in [1.82, 2.24) is 0 Å². The van der Waals surface area contributed by atoms with Gasteiger partial charge >= 0.3 is 5.97 Å². The lowest BCUT2D eigenvalue weighted by atomic mass is 10.1. The third-order valence-electron chi connectivity index (χ3n) is 3.38. The lowest BCUT2D eigenvalue weighted by Gasteiger charge is -2.26. The van der Waals surface area contributed by atoms with E-state index in [1.807, 2.05) is 6.07 Å². The molecule has 4 heteroatoms. The van der Waals surface area contributed by atoms with Gasteiger partial charge in [0.2, 0.25) is 0 Å². The van der Waals surface area contributed by atoms with Gasteiger partial charge in [0.15, 0.2) is 0 Å². The maximum Gasteiger partial charge on any atom is 0.324 e. The summed E-state index contributed by atoms with van der Waals surface area (Å²) in [6.07, 6.45) is 3.41. The Morgan fingerprint density at radius 1 is 1.44 bits per heavy atom. The zero-order valence-corrected chi connectivity index (χ0v) is 10.8. The first kappa shape index (κ1) is 12.9. The van der Waals surface area contributed by atoms with Crippen molar-refractivity contribution in [2.45, 2.75) is 25.3 Å². The first-order valence-electron chi connectivity index (χ1n) is 6.38. The Hall–Kier alpha value is -1.55. The van der Waals surface area contributed by atoms with Gasteiger partial charge in [-0.25, -0.2) is 0 Å². The van der Waals surface area contributed by atoms with E-state index < -0.39 is 6.04 Å². The second-order valence-corrected chi connectivity index (χ2v) is 4.66. The molecule has 1 aromatic carbocycles. The van der Waals surface area contributed by atoms with Gasteiger partial charge in [-0.05, 0) is 30.9 Å². The molecule has 0 fully saturated rings. The van der Waals surface area contributed by atoms with Gasteiger partial charge < -0.3 is 15.4 Å². The number of hydrogen-bond acceptors (Lipinski definition) is 4. The summed E-state index contributed by atoms with van der Waals surface area (Å²) in [5.74, 6) is -0.350. The Morgan fingerprint density at radius 2 is 2.22 bits per heavy atom. The van der Waals surface area contributed by atoms with Gasteiger partial charge in [0.1, 0.15) is 6.04 Å². The Bertz CT molecular complexity index is 420. The molecule has 2 rings (SSSR count). The van der Waals surface area contributed by atoms with Crippen molar-refractivity contribution in [3.8, 4) is 0 Å². The molecule has 4 nitrogen and oxygen atoms in total. The van der Waals surface area contributed by atoms with E-state index in [4.69, 9.17) is 5.73 Å². The molecule has 0 amide bonds. The summed E-state index contributed by atoms with van der Waals surface area (Å²) >= 11 is 0. The molecule has 0 saturated heterocycles. The van der Waals surface area contributed by atoms with E-state index in [0.717, 1.165) is 19.4 Å². The van der Waals surface area contributed by atoms with Crippen LogP contribution >= 0.6 is 0 Å². The fourth-order valence-corrected chi connectivity index (χ4v) is 2.42. The number of rotatable bonds is 3. The molecule has 0 aromatic heterocycles. The SMILES string of the molecule is COC(=O)C(N)CN1CCCCc2ccccc21. The molecule has 1 aliphatic heterocycles. The summed E-state index contributed by atoms with van der Waals surface area (Å²) in [6, 6.07) is 7.76. The number of fused-ring (bicyclic) bond motifs is 1. The molecule has 0 saturated carbocycles. The predicted molar refractivity (Wildman–Crippen MR) is 71.6 cm³/mol. The molecule has 1 aliphatic rings. The van der Waals surface area contributed by atoms with Gasteiger partial charge in [-0.1, -0.05) is 18.2 Å². The largest absolute Gasteiger partial charge is 0.468 e. The third kappa shape index (κ3) is 2.82. The van der Waals surface area contributed by atoms with Crippen molar-refractivity contribution < 1.29 is 9.53 Å². The monoisotopic (exact) mass is 248 g/mol. The van der Waals surface area contributed by atoms with Crippen LogP contribution in [0.3, 0.4) is 0 Å². The van der Waals surface area contributed by atoms with Crippen LogP contribution in [0.15, 0.2) is 24.3 Å². The van der Waals surface area contributed by atoms with Gasteiger partial charge in [0.25, 0.3) is 0 Å². The van der Waals surface area contributed by atoms with Crippen molar-refractivity contribution in [2.75, 3.05) is 25.1 Å². The smallest absolute Gasteiger partial charge is 0.324 e. The predicted octanol–water partition coefficient (Wildman–Crippen LogP) is 1.33. The van der Waals surface area contributed by atoms with E-state index >= 15 is 0 Å². The number of carbonyl (C=O) groups excluding carboxylic acids is 1. The molecule has 0 aliphatic carbocycles. The number of carbonyl (C=O) groups is 1. The van der Waals surface area contributed by atoms with Crippen molar-refractivity contribution in [2.24, 2.45) is 5.73 Å². The number of nitrogens with two attached hydrogens (primary N) is 1.